The van der Waals surface area contributed by atoms with E-state index in [9.17, 15) is 9.59 Å². The van der Waals surface area contributed by atoms with Crippen molar-refractivity contribution in [3.8, 4) is 17.2 Å². The van der Waals surface area contributed by atoms with E-state index in [0.717, 1.165) is 12.1 Å². The van der Waals surface area contributed by atoms with E-state index < -0.39 is 0 Å². The summed E-state index contributed by atoms with van der Waals surface area (Å²) in [5, 5.41) is 0. The lowest BCUT2D eigenvalue weighted by molar-refractivity contribution is 0.0594. The molecule has 1 aromatic heterocycles. The van der Waals surface area contributed by atoms with Gasteiger partial charge in [0, 0.05) is 42.9 Å². The molecule has 28 heavy (non-hydrogen) atoms. The Hall–Kier alpha value is -2.96. The first-order valence-corrected chi connectivity index (χ1v) is 9.34. The zero-order valence-electron chi connectivity index (χ0n) is 16.3. The van der Waals surface area contributed by atoms with Gasteiger partial charge in [-0.2, -0.15) is 0 Å². The lowest BCUT2D eigenvalue weighted by atomic mass is 9.83. The topological polar surface area (TPSA) is 70.0 Å². The standard InChI is InChI=1S/C21H24N2O5/c1-26-17-8-14(9-18(27-2)20(17)28-3)21(25)22-10-13-7-15(12-22)16-5-4-6-19(24)23(16)11-13/h4-6,8-9,13,15H,7,10-12H2,1-3H3/t13-,15-/m1/s1. The number of piperidine rings is 1. The molecule has 2 aliphatic rings. The highest BCUT2D eigenvalue weighted by Crippen LogP contribution is 2.40. The fourth-order valence-corrected chi connectivity index (χ4v) is 4.45. The number of carbonyl (C=O) groups is 1. The van der Waals surface area contributed by atoms with Crippen molar-refractivity contribution in [2.45, 2.75) is 18.9 Å². The van der Waals surface area contributed by atoms with E-state index in [-0.39, 0.29) is 23.3 Å². The number of pyridine rings is 1. The molecule has 1 saturated heterocycles. The van der Waals surface area contributed by atoms with Crippen LogP contribution in [0.4, 0.5) is 0 Å². The van der Waals surface area contributed by atoms with Gasteiger partial charge in [-0.1, -0.05) is 6.07 Å². The minimum absolute atomic E-state index is 0.0385. The fraction of sp³-hybridized carbons (Fsp3) is 0.429. The Labute approximate surface area is 163 Å². The molecule has 4 rings (SSSR count). The van der Waals surface area contributed by atoms with Crippen LogP contribution in [0.25, 0.3) is 0 Å². The van der Waals surface area contributed by atoms with Gasteiger partial charge in [0.1, 0.15) is 0 Å². The number of hydrogen-bond donors (Lipinski definition) is 0. The Morgan fingerprint density at radius 2 is 1.71 bits per heavy atom. The van der Waals surface area contributed by atoms with Gasteiger partial charge in [-0.25, -0.2) is 0 Å². The lowest BCUT2D eigenvalue weighted by Crippen LogP contribution is -2.49. The average Bonchev–Trinajstić information content (AvgIpc) is 2.72. The quantitative estimate of drug-likeness (QED) is 0.808. The predicted molar refractivity (Wildman–Crippen MR) is 104 cm³/mol. The summed E-state index contributed by atoms with van der Waals surface area (Å²) in [6.45, 7) is 1.88. The van der Waals surface area contributed by atoms with Crippen molar-refractivity contribution in [1.29, 1.82) is 0 Å². The highest BCUT2D eigenvalue weighted by molar-refractivity contribution is 5.95. The van der Waals surface area contributed by atoms with Crippen LogP contribution in [0.1, 0.15) is 28.4 Å². The number of rotatable bonds is 4. The number of carbonyl (C=O) groups excluding carboxylic acids is 1. The molecular formula is C21H24N2O5. The molecule has 7 heteroatoms. The number of nitrogens with zero attached hydrogens (tertiary/aromatic N) is 2. The van der Waals surface area contributed by atoms with E-state index in [4.69, 9.17) is 14.2 Å². The van der Waals surface area contributed by atoms with Gasteiger partial charge in [-0.05, 0) is 30.5 Å². The summed E-state index contributed by atoms with van der Waals surface area (Å²) in [5.74, 6) is 1.76. The van der Waals surface area contributed by atoms with Crippen LogP contribution in [0.5, 0.6) is 17.2 Å². The molecular weight excluding hydrogens is 360 g/mol. The van der Waals surface area contributed by atoms with Crippen molar-refractivity contribution >= 4 is 5.91 Å². The average molecular weight is 384 g/mol. The summed E-state index contributed by atoms with van der Waals surface area (Å²) in [6, 6.07) is 8.77. The zero-order chi connectivity index (χ0) is 19.8. The van der Waals surface area contributed by atoms with E-state index in [1.165, 1.54) is 21.3 Å². The maximum Gasteiger partial charge on any atom is 0.254 e. The minimum atomic E-state index is -0.0688. The van der Waals surface area contributed by atoms with Gasteiger partial charge in [-0.15, -0.1) is 0 Å². The molecule has 148 valence electrons. The number of benzene rings is 1. The Kier molecular flexibility index (Phi) is 4.75. The van der Waals surface area contributed by atoms with Crippen molar-refractivity contribution in [3.05, 3.63) is 51.9 Å². The maximum atomic E-state index is 13.3. The van der Waals surface area contributed by atoms with Crippen LogP contribution in [-0.2, 0) is 6.54 Å². The van der Waals surface area contributed by atoms with Crippen molar-refractivity contribution in [2.75, 3.05) is 34.4 Å². The first kappa shape index (κ1) is 18.4. The highest BCUT2D eigenvalue weighted by atomic mass is 16.5. The SMILES string of the molecule is COc1cc(C(=O)N2C[C@H]3C[C@H](C2)c2cccc(=O)n2C3)cc(OC)c1OC. The number of fused-ring (bicyclic) bond motifs is 4. The van der Waals surface area contributed by atoms with Crippen molar-refractivity contribution in [1.82, 2.24) is 9.47 Å². The molecule has 1 fully saturated rings. The summed E-state index contributed by atoms with van der Waals surface area (Å²) in [6.07, 6.45) is 1.00. The monoisotopic (exact) mass is 384 g/mol. The number of methoxy groups -OCH3 is 3. The number of likely N-dealkylation sites (tertiary alicyclic amines) is 1. The Bertz CT molecular complexity index is 943. The normalized spacial score (nSPS) is 20.3. The van der Waals surface area contributed by atoms with Gasteiger partial charge in [0.15, 0.2) is 11.5 Å². The molecule has 0 aliphatic carbocycles. The maximum absolute atomic E-state index is 13.3. The lowest BCUT2D eigenvalue weighted by Gasteiger charge is -2.42. The predicted octanol–water partition coefficient (Wildman–Crippen LogP) is 2.13. The smallest absolute Gasteiger partial charge is 0.254 e. The second-order valence-electron chi connectivity index (χ2n) is 7.32. The van der Waals surface area contributed by atoms with Crippen LogP contribution in [0.15, 0.2) is 35.1 Å². The third kappa shape index (κ3) is 3.00. The van der Waals surface area contributed by atoms with Gasteiger partial charge in [0.05, 0.1) is 21.3 Å². The largest absolute Gasteiger partial charge is 0.493 e. The zero-order valence-corrected chi connectivity index (χ0v) is 16.3. The van der Waals surface area contributed by atoms with Crippen LogP contribution < -0.4 is 19.8 Å². The molecule has 0 N–H and O–H groups in total. The van der Waals surface area contributed by atoms with E-state index in [1.807, 2.05) is 15.5 Å². The second kappa shape index (κ2) is 7.22. The van der Waals surface area contributed by atoms with Crippen LogP contribution in [0.3, 0.4) is 0 Å². The highest BCUT2D eigenvalue weighted by Gasteiger charge is 2.36. The third-order valence-electron chi connectivity index (χ3n) is 5.68. The first-order valence-electron chi connectivity index (χ1n) is 9.34. The molecule has 0 unspecified atom stereocenters. The molecule has 7 nitrogen and oxygen atoms in total. The van der Waals surface area contributed by atoms with Gasteiger partial charge in [0.25, 0.3) is 11.5 Å². The van der Waals surface area contributed by atoms with Crippen molar-refractivity contribution < 1.29 is 19.0 Å². The summed E-state index contributed by atoms with van der Waals surface area (Å²) in [5.41, 5.74) is 1.56. The second-order valence-corrected chi connectivity index (χ2v) is 7.32. The van der Waals surface area contributed by atoms with E-state index in [0.29, 0.717) is 42.4 Å². The van der Waals surface area contributed by atoms with Crippen molar-refractivity contribution in [2.24, 2.45) is 5.92 Å². The molecule has 2 aromatic rings. The molecule has 2 atom stereocenters. The van der Waals surface area contributed by atoms with E-state index in [2.05, 4.69) is 0 Å². The molecule has 2 aliphatic heterocycles. The summed E-state index contributed by atoms with van der Waals surface area (Å²) in [4.78, 5) is 27.3. The van der Waals surface area contributed by atoms with Crippen LogP contribution >= 0.6 is 0 Å². The fourth-order valence-electron chi connectivity index (χ4n) is 4.45. The number of hydrogen-bond acceptors (Lipinski definition) is 5. The summed E-state index contributed by atoms with van der Waals surface area (Å²) >= 11 is 0. The molecule has 0 radical (unpaired) electrons. The first-order chi connectivity index (χ1) is 13.5. The van der Waals surface area contributed by atoms with Gasteiger partial charge in [-0.3, -0.25) is 9.59 Å². The van der Waals surface area contributed by atoms with Crippen LogP contribution in [0, 0.1) is 5.92 Å². The molecule has 1 amide bonds. The summed E-state index contributed by atoms with van der Waals surface area (Å²) in [7, 11) is 4.60. The van der Waals surface area contributed by atoms with Gasteiger partial charge >= 0.3 is 0 Å². The number of ether oxygens (including phenoxy) is 3. The molecule has 3 heterocycles. The molecule has 0 spiro atoms. The third-order valence-corrected chi connectivity index (χ3v) is 5.68. The summed E-state index contributed by atoms with van der Waals surface area (Å²) < 4.78 is 18.0. The van der Waals surface area contributed by atoms with Gasteiger partial charge < -0.3 is 23.7 Å². The molecule has 1 aromatic carbocycles. The Morgan fingerprint density at radius 3 is 2.36 bits per heavy atom. The number of amides is 1. The van der Waals surface area contributed by atoms with E-state index >= 15 is 0 Å². The molecule has 0 saturated carbocycles. The van der Waals surface area contributed by atoms with Crippen molar-refractivity contribution in [3.63, 3.8) is 0 Å². The van der Waals surface area contributed by atoms with Crippen LogP contribution in [-0.4, -0.2) is 49.8 Å². The Morgan fingerprint density at radius 1 is 1.00 bits per heavy atom. The van der Waals surface area contributed by atoms with E-state index in [1.54, 1.807) is 24.3 Å². The minimum Gasteiger partial charge on any atom is -0.493 e. The van der Waals surface area contributed by atoms with Crippen LogP contribution in [0.2, 0.25) is 0 Å². The van der Waals surface area contributed by atoms with Gasteiger partial charge in [0.2, 0.25) is 5.75 Å². The molecule has 2 bridgehead atoms. The Balaban J connectivity index is 1.65. The number of aromatic nitrogens is 1.